The fourth-order valence-electron chi connectivity index (χ4n) is 4.24. The monoisotopic (exact) mass is 447 g/mol. The van der Waals surface area contributed by atoms with Crippen molar-refractivity contribution in [3.63, 3.8) is 0 Å². The third-order valence-corrected chi connectivity index (χ3v) is 6.08. The van der Waals surface area contributed by atoms with E-state index in [2.05, 4.69) is 10.3 Å². The van der Waals surface area contributed by atoms with Crippen LogP contribution in [0.4, 0.5) is 13.2 Å². The number of pyridine rings is 1. The molecule has 170 valence electrons. The van der Waals surface area contributed by atoms with Gasteiger partial charge in [0.25, 0.3) is 0 Å². The number of aryl methyl sites for hydroxylation is 1. The van der Waals surface area contributed by atoms with E-state index in [-0.39, 0.29) is 12.5 Å². The molecule has 0 bridgehead atoms. The number of hydrogen-bond acceptors (Lipinski definition) is 4. The van der Waals surface area contributed by atoms with Crippen LogP contribution >= 0.6 is 0 Å². The fourth-order valence-corrected chi connectivity index (χ4v) is 4.24. The summed E-state index contributed by atoms with van der Waals surface area (Å²) in [6.45, 7) is 3.34. The van der Waals surface area contributed by atoms with Gasteiger partial charge in [0.1, 0.15) is 11.9 Å². The van der Waals surface area contributed by atoms with Gasteiger partial charge in [0.15, 0.2) is 11.6 Å². The number of ether oxygens (including phenoxy) is 1. The van der Waals surface area contributed by atoms with Gasteiger partial charge in [-0.15, -0.1) is 0 Å². The van der Waals surface area contributed by atoms with Crippen molar-refractivity contribution in [3.05, 3.63) is 63.7 Å². The van der Waals surface area contributed by atoms with Crippen molar-refractivity contribution >= 4 is 11.8 Å². The van der Waals surface area contributed by atoms with Gasteiger partial charge in [-0.3, -0.25) is 14.6 Å². The number of fused-ring (bicyclic) bond motifs is 1. The molecule has 2 aromatic rings. The largest absolute Gasteiger partial charge is 0.368 e. The first-order chi connectivity index (χ1) is 15.3. The van der Waals surface area contributed by atoms with Crippen molar-refractivity contribution in [2.45, 2.75) is 51.8 Å². The first-order valence-corrected chi connectivity index (χ1v) is 10.6. The maximum absolute atomic E-state index is 13.9. The molecule has 0 saturated carbocycles. The van der Waals surface area contributed by atoms with Crippen molar-refractivity contribution in [1.82, 2.24) is 15.2 Å². The molecule has 2 aliphatic heterocycles. The van der Waals surface area contributed by atoms with Gasteiger partial charge in [-0.05, 0) is 55.0 Å². The zero-order valence-electron chi connectivity index (χ0n) is 17.7. The second-order valence-corrected chi connectivity index (χ2v) is 8.11. The molecular weight excluding hydrogens is 423 g/mol. The van der Waals surface area contributed by atoms with E-state index in [9.17, 15) is 22.8 Å². The average Bonchev–Trinajstić information content (AvgIpc) is 3.33. The lowest BCUT2D eigenvalue weighted by atomic mass is 9.94. The van der Waals surface area contributed by atoms with Crippen molar-refractivity contribution < 1.29 is 27.5 Å². The Hall–Kier alpha value is -2.94. The number of amides is 2. The van der Waals surface area contributed by atoms with Crippen LogP contribution in [0, 0.1) is 24.4 Å². The van der Waals surface area contributed by atoms with Crippen LogP contribution < -0.4 is 5.32 Å². The molecule has 1 aromatic carbocycles. The smallest absolute Gasteiger partial charge is 0.249 e. The molecule has 2 aliphatic rings. The summed E-state index contributed by atoms with van der Waals surface area (Å²) >= 11 is 0. The second kappa shape index (κ2) is 9.28. The van der Waals surface area contributed by atoms with Crippen LogP contribution in [0.5, 0.6) is 0 Å². The van der Waals surface area contributed by atoms with Gasteiger partial charge < -0.3 is 15.0 Å². The third-order valence-electron chi connectivity index (χ3n) is 6.08. The molecule has 32 heavy (non-hydrogen) atoms. The lowest BCUT2D eigenvalue weighted by Crippen LogP contribution is -2.38. The summed E-state index contributed by atoms with van der Waals surface area (Å²) in [6.07, 6.45) is 2.79. The summed E-state index contributed by atoms with van der Waals surface area (Å²) in [5.74, 6) is -4.11. The third kappa shape index (κ3) is 4.48. The van der Waals surface area contributed by atoms with Gasteiger partial charge in [-0.25, -0.2) is 13.2 Å². The molecule has 0 spiro atoms. The fraction of sp³-hybridized carbons (Fsp3) is 0.435. The number of carbonyl (C=O) groups excluding carboxylic acids is 2. The minimum Gasteiger partial charge on any atom is -0.368 e. The van der Waals surface area contributed by atoms with Crippen LogP contribution in [0.2, 0.25) is 0 Å². The van der Waals surface area contributed by atoms with Crippen LogP contribution in [0.3, 0.4) is 0 Å². The molecule has 1 fully saturated rings. The summed E-state index contributed by atoms with van der Waals surface area (Å²) in [5, 5.41) is 2.91. The molecule has 3 heterocycles. The van der Waals surface area contributed by atoms with E-state index in [4.69, 9.17) is 4.74 Å². The number of rotatable bonds is 5. The van der Waals surface area contributed by atoms with Gasteiger partial charge in [0, 0.05) is 43.7 Å². The summed E-state index contributed by atoms with van der Waals surface area (Å²) in [6, 6.07) is 1.51. The predicted molar refractivity (Wildman–Crippen MR) is 109 cm³/mol. The zero-order valence-corrected chi connectivity index (χ0v) is 17.7. The molecular formula is C23H24F3N3O3. The molecule has 6 nitrogen and oxygen atoms in total. The van der Waals surface area contributed by atoms with Crippen LogP contribution in [-0.2, 0) is 40.3 Å². The lowest BCUT2D eigenvalue weighted by molar-refractivity contribution is -0.131. The van der Waals surface area contributed by atoms with E-state index in [0.29, 0.717) is 38.6 Å². The van der Waals surface area contributed by atoms with Crippen molar-refractivity contribution in [1.29, 1.82) is 0 Å². The highest BCUT2D eigenvalue weighted by molar-refractivity contribution is 5.81. The SMILES string of the molecule is Cc1ncc2c(c1CNC(=O)C1CCCO1)CCN(C(=O)Cc1c(F)ccc(F)c1F)C2. The molecule has 0 aliphatic carbocycles. The van der Waals surface area contributed by atoms with E-state index in [0.717, 1.165) is 34.9 Å². The van der Waals surface area contributed by atoms with Crippen molar-refractivity contribution in [2.24, 2.45) is 0 Å². The molecule has 4 rings (SSSR count). The normalized spacial score (nSPS) is 17.9. The Morgan fingerprint density at radius 2 is 2.00 bits per heavy atom. The maximum Gasteiger partial charge on any atom is 0.249 e. The molecule has 0 radical (unpaired) electrons. The highest BCUT2D eigenvalue weighted by atomic mass is 19.2. The second-order valence-electron chi connectivity index (χ2n) is 8.11. The number of benzene rings is 1. The Morgan fingerprint density at radius 3 is 2.75 bits per heavy atom. The number of nitrogens with one attached hydrogen (secondary N) is 1. The van der Waals surface area contributed by atoms with Gasteiger partial charge in [0.2, 0.25) is 11.8 Å². The number of nitrogens with zero attached hydrogens (tertiary/aromatic N) is 2. The topological polar surface area (TPSA) is 71.5 Å². The highest BCUT2D eigenvalue weighted by Crippen LogP contribution is 2.25. The quantitative estimate of drug-likeness (QED) is 0.716. The predicted octanol–water partition coefficient (Wildman–Crippen LogP) is 2.73. The summed E-state index contributed by atoms with van der Waals surface area (Å²) in [4.78, 5) is 30.9. The molecule has 1 aromatic heterocycles. The first kappa shape index (κ1) is 22.3. The van der Waals surface area contributed by atoms with Crippen molar-refractivity contribution in [2.75, 3.05) is 13.2 Å². The number of halogens is 3. The zero-order chi connectivity index (χ0) is 22.8. The Kier molecular flexibility index (Phi) is 6.45. The van der Waals surface area contributed by atoms with Gasteiger partial charge in [-0.2, -0.15) is 0 Å². The standard InChI is InChI=1S/C23H24F3N3O3/c1-13-17(11-28-23(31)20-3-2-8-32-20)15-6-7-29(12-14(15)10-27-13)21(30)9-16-18(24)4-5-19(25)22(16)26/h4-5,10,20H,2-3,6-9,11-12H2,1H3,(H,28,31). The molecule has 1 atom stereocenters. The van der Waals surface area contributed by atoms with E-state index >= 15 is 0 Å². The van der Waals surface area contributed by atoms with Gasteiger partial charge in [0.05, 0.1) is 6.42 Å². The maximum atomic E-state index is 13.9. The van der Waals surface area contributed by atoms with Gasteiger partial charge >= 0.3 is 0 Å². The Balaban J connectivity index is 1.46. The summed E-state index contributed by atoms with van der Waals surface area (Å²) < 4.78 is 46.7. The number of aromatic nitrogens is 1. The van der Waals surface area contributed by atoms with Crippen LogP contribution in [0.25, 0.3) is 0 Å². The first-order valence-electron chi connectivity index (χ1n) is 10.6. The molecule has 1 N–H and O–H groups in total. The van der Waals surface area contributed by atoms with E-state index in [1.165, 1.54) is 4.90 Å². The van der Waals surface area contributed by atoms with E-state index < -0.39 is 41.4 Å². The minimum atomic E-state index is -1.34. The molecule has 1 saturated heterocycles. The Labute approximate surface area is 183 Å². The van der Waals surface area contributed by atoms with Crippen LogP contribution in [-0.4, -0.2) is 41.0 Å². The molecule has 1 unspecified atom stereocenters. The number of hydrogen-bond donors (Lipinski definition) is 1. The van der Waals surface area contributed by atoms with E-state index in [1.54, 1.807) is 6.20 Å². The minimum absolute atomic E-state index is 0.147. The summed E-state index contributed by atoms with van der Waals surface area (Å²) in [7, 11) is 0. The van der Waals surface area contributed by atoms with Crippen LogP contribution in [0.1, 0.15) is 40.8 Å². The van der Waals surface area contributed by atoms with Crippen molar-refractivity contribution in [3.8, 4) is 0 Å². The number of carbonyl (C=O) groups is 2. The van der Waals surface area contributed by atoms with Gasteiger partial charge in [-0.1, -0.05) is 0 Å². The van der Waals surface area contributed by atoms with Crippen LogP contribution in [0.15, 0.2) is 18.3 Å². The summed E-state index contributed by atoms with van der Waals surface area (Å²) in [5.41, 5.74) is 2.96. The Morgan fingerprint density at radius 1 is 1.22 bits per heavy atom. The lowest BCUT2D eigenvalue weighted by Gasteiger charge is -2.31. The highest BCUT2D eigenvalue weighted by Gasteiger charge is 2.27. The average molecular weight is 447 g/mol. The molecule has 2 amide bonds. The van der Waals surface area contributed by atoms with E-state index in [1.807, 2.05) is 6.92 Å². The Bertz CT molecular complexity index is 1050. The molecule has 9 heteroatoms.